The van der Waals surface area contributed by atoms with Crippen LogP contribution in [0.2, 0.25) is 0 Å². The van der Waals surface area contributed by atoms with Crippen LogP contribution in [0.3, 0.4) is 0 Å². The summed E-state index contributed by atoms with van der Waals surface area (Å²) in [6, 6.07) is 1.04. The van der Waals surface area contributed by atoms with Gasteiger partial charge in [0.05, 0.1) is 0 Å². The molecule has 0 fully saturated rings. The van der Waals surface area contributed by atoms with Crippen LogP contribution < -0.4 is 10.2 Å². The lowest BCUT2D eigenvalue weighted by Crippen LogP contribution is -2.14. The Morgan fingerprint density at radius 1 is 1.57 bits per heavy atom. The van der Waals surface area contributed by atoms with E-state index in [4.69, 9.17) is 14.6 Å². The molecule has 76 valence electrons. The quantitative estimate of drug-likeness (QED) is 0.686. The van der Waals surface area contributed by atoms with E-state index in [1.165, 1.54) is 0 Å². The summed E-state index contributed by atoms with van der Waals surface area (Å²) in [6.07, 6.45) is 0.969. The van der Waals surface area contributed by atoms with Crippen LogP contribution in [0.15, 0.2) is 21.5 Å². The van der Waals surface area contributed by atoms with E-state index in [1.807, 2.05) is 0 Å². The predicted molar refractivity (Wildman–Crippen MR) is 44.0 cm³/mol. The molecule has 0 saturated heterocycles. The average Bonchev–Trinajstić information content (AvgIpc) is 2.15. The van der Waals surface area contributed by atoms with E-state index in [0.29, 0.717) is 0 Å². The topological polar surface area (TPSA) is 97.0 Å². The summed E-state index contributed by atoms with van der Waals surface area (Å²) in [7, 11) is 0. The normalized spacial score (nSPS) is 9.79. The zero-order valence-corrected chi connectivity index (χ0v) is 7.10. The van der Waals surface area contributed by atoms with Gasteiger partial charge < -0.3 is 19.4 Å². The monoisotopic (exact) mass is 200 g/mol. The molecular weight excluding hydrogens is 192 g/mol. The van der Waals surface area contributed by atoms with Crippen molar-refractivity contribution >= 4 is 5.97 Å². The van der Waals surface area contributed by atoms with Gasteiger partial charge in [0, 0.05) is 6.07 Å². The highest BCUT2D eigenvalue weighted by Crippen LogP contribution is 2.05. The van der Waals surface area contributed by atoms with Crippen LogP contribution in [0.1, 0.15) is 5.76 Å². The van der Waals surface area contributed by atoms with Crippen LogP contribution >= 0.6 is 0 Å². The minimum atomic E-state index is -1.18. The van der Waals surface area contributed by atoms with Gasteiger partial charge in [-0.3, -0.25) is 4.79 Å². The summed E-state index contributed by atoms with van der Waals surface area (Å²) in [5, 5.41) is 16.9. The lowest BCUT2D eigenvalue weighted by atomic mass is 10.4. The van der Waals surface area contributed by atoms with Crippen molar-refractivity contribution in [1.82, 2.24) is 0 Å². The Labute approximate surface area is 78.4 Å². The Kier molecular flexibility index (Phi) is 3.24. The second kappa shape index (κ2) is 4.43. The third kappa shape index (κ3) is 2.60. The first-order valence-electron chi connectivity index (χ1n) is 3.70. The van der Waals surface area contributed by atoms with Crippen LogP contribution in [0.4, 0.5) is 0 Å². The van der Waals surface area contributed by atoms with Crippen LogP contribution in [0, 0.1) is 0 Å². The predicted octanol–water partition coefficient (Wildman–Crippen LogP) is -0.404. The zero-order chi connectivity index (χ0) is 10.6. The number of aliphatic carboxylic acids is 1. The fourth-order valence-electron chi connectivity index (χ4n) is 0.766. The molecular formula is C8H8O6. The highest BCUT2D eigenvalue weighted by atomic mass is 16.5. The van der Waals surface area contributed by atoms with E-state index in [1.54, 1.807) is 0 Å². The molecule has 0 spiro atoms. The fourth-order valence-corrected chi connectivity index (χ4v) is 0.766. The van der Waals surface area contributed by atoms with Crippen LogP contribution in [0.5, 0.6) is 5.75 Å². The molecule has 2 N–H and O–H groups in total. The molecule has 0 unspecified atom stereocenters. The van der Waals surface area contributed by atoms with E-state index in [-0.39, 0.29) is 11.5 Å². The van der Waals surface area contributed by atoms with Crippen molar-refractivity contribution in [2.45, 2.75) is 6.61 Å². The summed E-state index contributed by atoms with van der Waals surface area (Å²) in [5.74, 6) is -1.28. The average molecular weight is 200 g/mol. The maximum atomic E-state index is 11.1. The molecule has 0 saturated carbocycles. The van der Waals surface area contributed by atoms with E-state index in [2.05, 4.69) is 4.74 Å². The number of carbonyl (C=O) groups is 1. The second-order valence-corrected chi connectivity index (χ2v) is 2.42. The van der Waals surface area contributed by atoms with Gasteiger partial charge in [0.2, 0.25) is 11.2 Å². The van der Waals surface area contributed by atoms with Gasteiger partial charge in [-0.2, -0.15) is 0 Å². The summed E-state index contributed by atoms with van der Waals surface area (Å²) >= 11 is 0. The molecule has 1 aromatic heterocycles. The number of carboxylic acids is 1. The SMILES string of the molecule is O=C(O)COc1coc(CO)cc1=O. The minimum Gasteiger partial charge on any atom is -0.479 e. The molecule has 1 heterocycles. The lowest BCUT2D eigenvalue weighted by molar-refractivity contribution is -0.139. The maximum Gasteiger partial charge on any atom is 0.341 e. The third-order valence-electron chi connectivity index (χ3n) is 1.36. The van der Waals surface area contributed by atoms with Gasteiger partial charge in [0.15, 0.2) is 6.61 Å². The van der Waals surface area contributed by atoms with E-state index >= 15 is 0 Å². The first-order chi connectivity index (χ1) is 6.63. The number of hydrogen-bond donors (Lipinski definition) is 2. The van der Waals surface area contributed by atoms with E-state index in [0.717, 1.165) is 12.3 Å². The molecule has 1 rings (SSSR count). The number of rotatable bonds is 4. The first kappa shape index (κ1) is 10.3. The number of hydrogen-bond acceptors (Lipinski definition) is 5. The third-order valence-corrected chi connectivity index (χ3v) is 1.36. The Bertz CT molecular complexity index is 380. The van der Waals surface area contributed by atoms with Crippen molar-refractivity contribution in [2.75, 3.05) is 6.61 Å². The summed E-state index contributed by atoms with van der Waals surface area (Å²) in [4.78, 5) is 21.2. The molecule has 0 radical (unpaired) electrons. The Morgan fingerprint density at radius 2 is 2.29 bits per heavy atom. The van der Waals surface area contributed by atoms with Gasteiger partial charge in [0.1, 0.15) is 18.6 Å². The number of ether oxygens (including phenoxy) is 1. The Hall–Kier alpha value is -1.82. The minimum absolute atomic E-state index is 0.0951. The van der Waals surface area contributed by atoms with Gasteiger partial charge in [-0.25, -0.2) is 4.79 Å². The molecule has 14 heavy (non-hydrogen) atoms. The standard InChI is InChI=1S/C8H8O6/c9-2-5-1-6(10)7(3-13-5)14-4-8(11)12/h1,3,9H,2,4H2,(H,11,12). The summed E-state index contributed by atoms with van der Waals surface area (Å²) in [6.45, 7) is -1.00. The molecule has 0 aromatic carbocycles. The van der Waals surface area contributed by atoms with Crippen molar-refractivity contribution in [3.63, 3.8) is 0 Å². The smallest absolute Gasteiger partial charge is 0.341 e. The molecule has 0 aliphatic rings. The highest BCUT2D eigenvalue weighted by Gasteiger charge is 2.05. The largest absolute Gasteiger partial charge is 0.479 e. The number of aliphatic hydroxyl groups is 1. The maximum absolute atomic E-state index is 11.1. The lowest BCUT2D eigenvalue weighted by Gasteiger charge is -2.01. The molecule has 1 aromatic rings. The van der Waals surface area contributed by atoms with E-state index in [9.17, 15) is 9.59 Å². The Morgan fingerprint density at radius 3 is 2.79 bits per heavy atom. The van der Waals surface area contributed by atoms with Crippen molar-refractivity contribution in [2.24, 2.45) is 0 Å². The van der Waals surface area contributed by atoms with Crippen LogP contribution in [0.25, 0.3) is 0 Å². The number of aliphatic hydroxyl groups excluding tert-OH is 1. The first-order valence-corrected chi connectivity index (χ1v) is 3.70. The molecule has 0 aliphatic heterocycles. The van der Waals surface area contributed by atoms with Crippen molar-refractivity contribution in [1.29, 1.82) is 0 Å². The van der Waals surface area contributed by atoms with Crippen molar-refractivity contribution in [3.8, 4) is 5.75 Å². The van der Waals surface area contributed by atoms with Crippen molar-refractivity contribution in [3.05, 3.63) is 28.3 Å². The van der Waals surface area contributed by atoms with Crippen LogP contribution in [-0.4, -0.2) is 22.8 Å². The number of carboxylic acid groups (broad SMARTS) is 1. The van der Waals surface area contributed by atoms with Gasteiger partial charge >= 0.3 is 5.97 Å². The van der Waals surface area contributed by atoms with Crippen LogP contribution in [-0.2, 0) is 11.4 Å². The molecule has 0 amide bonds. The van der Waals surface area contributed by atoms with Gasteiger partial charge in [0.25, 0.3) is 0 Å². The van der Waals surface area contributed by atoms with Gasteiger partial charge in [-0.15, -0.1) is 0 Å². The molecule has 6 heteroatoms. The van der Waals surface area contributed by atoms with Crippen molar-refractivity contribution < 1.29 is 24.2 Å². The molecule has 0 atom stereocenters. The highest BCUT2D eigenvalue weighted by molar-refractivity contribution is 5.68. The fraction of sp³-hybridized carbons (Fsp3) is 0.250. The molecule has 6 nitrogen and oxygen atoms in total. The van der Waals surface area contributed by atoms with E-state index < -0.39 is 24.6 Å². The zero-order valence-electron chi connectivity index (χ0n) is 7.10. The van der Waals surface area contributed by atoms with Gasteiger partial charge in [-0.05, 0) is 0 Å². The molecule has 0 bridgehead atoms. The Balaban J connectivity index is 2.79. The second-order valence-electron chi connectivity index (χ2n) is 2.42. The summed E-state index contributed by atoms with van der Waals surface area (Å²) < 4.78 is 9.36. The summed E-state index contributed by atoms with van der Waals surface area (Å²) in [5.41, 5.74) is -0.526. The molecule has 0 aliphatic carbocycles. The van der Waals surface area contributed by atoms with Gasteiger partial charge in [-0.1, -0.05) is 0 Å².